The van der Waals surface area contributed by atoms with Crippen LogP contribution in [-0.2, 0) is 0 Å². The quantitative estimate of drug-likeness (QED) is 0.165. The average Bonchev–Trinajstić information content (AvgIpc) is 2.74. The molecule has 0 fully saturated rings. The lowest BCUT2D eigenvalue weighted by molar-refractivity contribution is 0.545. The minimum absolute atomic E-state index is 0.872. The standard InChI is InChI=1S/C14H31N.C13H29N/c1-2-3-4-5-6-7-8-9-10-11-12-13-14-15;1-2-3-4-5-6-7-8-9-10-11-12-13-14/h2-15H2,1H3;2-14H2,1H3. The predicted molar refractivity (Wildman–Crippen MR) is 136 cm³/mol. The first-order valence-corrected chi connectivity index (χ1v) is 13.7. The van der Waals surface area contributed by atoms with Crippen LogP contribution in [0.15, 0.2) is 0 Å². The summed E-state index contributed by atoms with van der Waals surface area (Å²) in [5.41, 5.74) is 10.9. The summed E-state index contributed by atoms with van der Waals surface area (Å²) in [7, 11) is 0. The highest BCUT2D eigenvalue weighted by Gasteiger charge is 1.93. The van der Waals surface area contributed by atoms with E-state index in [-0.39, 0.29) is 0 Å². The van der Waals surface area contributed by atoms with Gasteiger partial charge in [0.15, 0.2) is 0 Å². The molecule has 0 unspecified atom stereocenters. The Kier molecular flexibility index (Phi) is 35.0. The molecule has 0 amide bonds. The van der Waals surface area contributed by atoms with Crippen LogP contribution in [-0.4, -0.2) is 13.1 Å². The van der Waals surface area contributed by atoms with Gasteiger partial charge in [-0.05, 0) is 25.9 Å². The third-order valence-electron chi connectivity index (χ3n) is 5.87. The lowest BCUT2D eigenvalue weighted by atomic mass is 10.1. The Balaban J connectivity index is 0. The molecule has 0 aliphatic rings. The van der Waals surface area contributed by atoms with Gasteiger partial charge in [-0.3, -0.25) is 0 Å². The van der Waals surface area contributed by atoms with E-state index >= 15 is 0 Å². The van der Waals surface area contributed by atoms with Crippen molar-refractivity contribution in [3.63, 3.8) is 0 Å². The van der Waals surface area contributed by atoms with Gasteiger partial charge in [-0.1, -0.05) is 149 Å². The molecule has 0 aromatic rings. The average molecular weight is 413 g/mol. The monoisotopic (exact) mass is 412 g/mol. The maximum Gasteiger partial charge on any atom is -0.00773 e. The van der Waals surface area contributed by atoms with Gasteiger partial charge in [0, 0.05) is 0 Å². The van der Waals surface area contributed by atoms with Crippen LogP contribution < -0.4 is 11.5 Å². The molecule has 178 valence electrons. The van der Waals surface area contributed by atoms with Crippen LogP contribution in [0, 0.1) is 0 Å². The molecule has 0 saturated heterocycles. The molecule has 0 heterocycles. The van der Waals surface area contributed by atoms with E-state index in [1.807, 2.05) is 0 Å². The van der Waals surface area contributed by atoms with Gasteiger partial charge in [-0.15, -0.1) is 0 Å². The molecule has 2 heteroatoms. The Morgan fingerprint density at radius 3 is 0.621 bits per heavy atom. The fraction of sp³-hybridized carbons (Fsp3) is 1.00. The van der Waals surface area contributed by atoms with Crippen LogP contribution in [0.4, 0.5) is 0 Å². The normalized spacial score (nSPS) is 10.8. The van der Waals surface area contributed by atoms with Crippen molar-refractivity contribution in [2.45, 2.75) is 162 Å². The highest BCUT2D eigenvalue weighted by molar-refractivity contribution is 4.49. The van der Waals surface area contributed by atoms with Crippen LogP contribution in [0.3, 0.4) is 0 Å². The number of nitrogens with two attached hydrogens (primary N) is 2. The van der Waals surface area contributed by atoms with Crippen molar-refractivity contribution < 1.29 is 0 Å². The summed E-state index contributed by atoms with van der Waals surface area (Å²) in [6.45, 7) is 6.30. The van der Waals surface area contributed by atoms with Gasteiger partial charge >= 0.3 is 0 Å². The van der Waals surface area contributed by atoms with Crippen molar-refractivity contribution in [3.05, 3.63) is 0 Å². The van der Waals surface area contributed by atoms with Crippen LogP contribution in [0.25, 0.3) is 0 Å². The Morgan fingerprint density at radius 2 is 0.448 bits per heavy atom. The zero-order valence-corrected chi connectivity index (χ0v) is 20.8. The second-order valence-corrected chi connectivity index (χ2v) is 9.00. The molecule has 2 nitrogen and oxygen atoms in total. The largest absolute Gasteiger partial charge is 0.330 e. The SMILES string of the molecule is CCCCCCCCCCCCCCN.CCCCCCCCCCCCCN. The topological polar surface area (TPSA) is 52.0 Å². The molecule has 0 radical (unpaired) electrons. The van der Waals surface area contributed by atoms with E-state index in [0.29, 0.717) is 0 Å². The zero-order valence-electron chi connectivity index (χ0n) is 20.8. The van der Waals surface area contributed by atoms with Crippen molar-refractivity contribution in [1.29, 1.82) is 0 Å². The van der Waals surface area contributed by atoms with Gasteiger partial charge in [0.25, 0.3) is 0 Å². The number of unbranched alkanes of at least 4 members (excludes halogenated alkanes) is 21. The van der Waals surface area contributed by atoms with Gasteiger partial charge in [-0.2, -0.15) is 0 Å². The van der Waals surface area contributed by atoms with Crippen LogP contribution in [0.1, 0.15) is 162 Å². The first-order valence-electron chi connectivity index (χ1n) is 13.7. The lowest BCUT2D eigenvalue weighted by Gasteiger charge is -2.01. The van der Waals surface area contributed by atoms with E-state index in [0.717, 1.165) is 13.1 Å². The first kappa shape index (κ1) is 31.1. The Morgan fingerprint density at radius 1 is 0.276 bits per heavy atom. The molecule has 0 aliphatic carbocycles. The van der Waals surface area contributed by atoms with Crippen molar-refractivity contribution >= 4 is 0 Å². The van der Waals surface area contributed by atoms with Gasteiger partial charge in [0.05, 0.1) is 0 Å². The number of hydrogen-bond acceptors (Lipinski definition) is 2. The Bertz CT molecular complexity index is 219. The third kappa shape index (κ3) is 35.7. The molecule has 4 N–H and O–H groups in total. The van der Waals surface area contributed by atoms with E-state index < -0.39 is 0 Å². The molecule has 0 aliphatic heterocycles. The molecular weight excluding hydrogens is 352 g/mol. The van der Waals surface area contributed by atoms with Gasteiger partial charge < -0.3 is 11.5 Å². The predicted octanol–water partition coefficient (Wildman–Crippen LogP) is 8.90. The lowest BCUT2D eigenvalue weighted by Crippen LogP contribution is -1.97. The van der Waals surface area contributed by atoms with E-state index in [9.17, 15) is 0 Å². The smallest absolute Gasteiger partial charge is 0.00773 e. The van der Waals surface area contributed by atoms with Crippen molar-refractivity contribution in [1.82, 2.24) is 0 Å². The second-order valence-electron chi connectivity index (χ2n) is 9.00. The van der Waals surface area contributed by atoms with Crippen molar-refractivity contribution in [2.24, 2.45) is 11.5 Å². The number of hydrogen-bond donors (Lipinski definition) is 2. The summed E-state index contributed by atoms with van der Waals surface area (Å²) >= 11 is 0. The molecule has 0 saturated carbocycles. The maximum atomic E-state index is 5.45. The molecule has 0 atom stereocenters. The molecule has 0 aromatic heterocycles. The molecule has 0 rings (SSSR count). The fourth-order valence-electron chi connectivity index (χ4n) is 3.79. The molecule has 29 heavy (non-hydrogen) atoms. The van der Waals surface area contributed by atoms with Gasteiger partial charge in [-0.25, -0.2) is 0 Å². The summed E-state index contributed by atoms with van der Waals surface area (Å²) in [6.07, 6.45) is 32.3. The van der Waals surface area contributed by atoms with E-state index in [1.165, 1.54) is 148 Å². The van der Waals surface area contributed by atoms with Crippen molar-refractivity contribution in [3.8, 4) is 0 Å². The highest BCUT2D eigenvalue weighted by Crippen LogP contribution is 2.12. The minimum Gasteiger partial charge on any atom is -0.330 e. The molecule has 0 bridgehead atoms. The van der Waals surface area contributed by atoms with Crippen molar-refractivity contribution in [2.75, 3.05) is 13.1 Å². The summed E-state index contributed by atoms with van der Waals surface area (Å²) < 4.78 is 0. The first-order chi connectivity index (χ1) is 14.3. The third-order valence-corrected chi connectivity index (χ3v) is 5.87. The van der Waals surface area contributed by atoms with E-state index in [4.69, 9.17) is 11.5 Å². The van der Waals surface area contributed by atoms with E-state index in [1.54, 1.807) is 0 Å². The highest BCUT2D eigenvalue weighted by atomic mass is 14.5. The van der Waals surface area contributed by atoms with Crippen LogP contribution in [0.2, 0.25) is 0 Å². The van der Waals surface area contributed by atoms with Gasteiger partial charge in [0.2, 0.25) is 0 Å². The fourth-order valence-corrected chi connectivity index (χ4v) is 3.79. The molecule has 0 spiro atoms. The maximum absolute atomic E-state index is 5.45. The second kappa shape index (κ2) is 32.6. The number of rotatable bonds is 23. The Hall–Kier alpha value is -0.0800. The van der Waals surface area contributed by atoms with Gasteiger partial charge in [0.1, 0.15) is 0 Å². The minimum atomic E-state index is 0.872. The molecule has 0 aromatic carbocycles. The molecular formula is C27H60N2. The Labute approximate surface area is 186 Å². The summed E-state index contributed by atoms with van der Waals surface area (Å²) in [5.74, 6) is 0. The summed E-state index contributed by atoms with van der Waals surface area (Å²) in [5, 5.41) is 0. The zero-order chi connectivity index (χ0) is 21.7. The van der Waals surface area contributed by atoms with Crippen LogP contribution in [0.5, 0.6) is 0 Å². The summed E-state index contributed by atoms with van der Waals surface area (Å²) in [4.78, 5) is 0. The van der Waals surface area contributed by atoms with Crippen LogP contribution >= 0.6 is 0 Å². The van der Waals surface area contributed by atoms with E-state index in [2.05, 4.69) is 13.8 Å². The summed E-state index contributed by atoms with van der Waals surface area (Å²) in [6, 6.07) is 0.